The van der Waals surface area contributed by atoms with E-state index in [4.69, 9.17) is 21.1 Å². The molecule has 3 unspecified atom stereocenters. The molecule has 1 aliphatic heterocycles. The van der Waals surface area contributed by atoms with E-state index in [0.717, 1.165) is 19.4 Å². The van der Waals surface area contributed by atoms with Gasteiger partial charge in [-0.15, -0.1) is 0 Å². The highest BCUT2D eigenvalue weighted by molar-refractivity contribution is 6.30. The summed E-state index contributed by atoms with van der Waals surface area (Å²) in [6.07, 6.45) is 6.82. The third-order valence-electron chi connectivity index (χ3n) is 4.62. The standard InChI is InChI=1S/C19H22ClNO4/c20-13-7-9-14(10-8-13)21-18(22)16-5-1-2-6-17(16)19(23)25-12-15-4-3-11-24-15/h1-2,7-10,15-17H,3-6,11-12H2,(H,21,22). The summed E-state index contributed by atoms with van der Waals surface area (Å²) >= 11 is 5.86. The number of ether oxygens (including phenoxy) is 2. The fourth-order valence-corrected chi connectivity index (χ4v) is 3.32. The molecule has 0 saturated carbocycles. The van der Waals surface area contributed by atoms with Gasteiger partial charge in [0.05, 0.1) is 17.9 Å². The predicted molar refractivity (Wildman–Crippen MR) is 95.4 cm³/mol. The van der Waals surface area contributed by atoms with Gasteiger partial charge in [-0.05, 0) is 49.9 Å². The highest BCUT2D eigenvalue weighted by Crippen LogP contribution is 2.29. The summed E-state index contributed by atoms with van der Waals surface area (Å²) in [6, 6.07) is 6.91. The van der Waals surface area contributed by atoms with Gasteiger partial charge in [0.25, 0.3) is 0 Å². The van der Waals surface area contributed by atoms with E-state index in [2.05, 4.69) is 5.32 Å². The molecule has 0 bridgehead atoms. The summed E-state index contributed by atoms with van der Waals surface area (Å²) in [7, 11) is 0. The average molecular weight is 364 g/mol. The number of esters is 1. The molecule has 1 aromatic carbocycles. The quantitative estimate of drug-likeness (QED) is 0.641. The van der Waals surface area contributed by atoms with Crippen molar-refractivity contribution in [1.82, 2.24) is 0 Å². The molecule has 1 heterocycles. The Morgan fingerprint density at radius 3 is 2.56 bits per heavy atom. The van der Waals surface area contributed by atoms with Gasteiger partial charge < -0.3 is 14.8 Å². The van der Waals surface area contributed by atoms with Crippen LogP contribution in [0.15, 0.2) is 36.4 Å². The molecule has 0 spiro atoms. The Kier molecular flexibility index (Phi) is 6.10. The number of allylic oxidation sites excluding steroid dienone is 2. The van der Waals surface area contributed by atoms with Crippen molar-refractivity contribution in [2.45, 2.75) is 31.8 Å². The van der Waals surface area contributed by atoms with Crippen LogP contribution in [0, 0.1) is 11.8 Å². The molecule has 0 radical (unpaired) electrons. The molecule has 6 heteroatoms. The van der Waals surface area contributed by atoms with Crippen molar-refractivity contribution in [3.8, 4) is 0 Å². The number of anilines is 1. The minimum atomic E-state index is -0.460. The van der Waals surface area contributed by atoms with E-state index in [9.17, 15) is 9.59 Å². The third kappa shape index (κ3) is 4.83. The fourth-order valence-electron chi connectivity index (χ4n) is 3.19. The van der Waals surface area contributed by atoms with Gasteiger partial charge in [0.1, 0.15) is 6.61 Å². The highest BCUT2D eigenvalue weighted by Gasteiger charge is 2.35. The maximum Gasteiger partial charge on any atom is 0.310 e. The Balaban J connectivity index is 1.59. The Bertz CT molecular complexity index is 637. The van der Waals surface area contributed by atoms with Crippen LogP contribution in [0.2, 0.25) is 5.02 Å². The first-order valence-electron chi connectivity index (χ1n) is 8.63. The van der Waals surface area contributed by atoms with Gasteiger partial charge >= 0.3 is 5.97 Å². The van der Waals surface area contributed by atoms with Crippen LogP contribution in [-0.2, 0) is 19.1 Å². The Morgan fingerprint density at radius 1 is 1.16 bits per heavy atom. The van der Waals surface area contributed by atoms with Crippen LogP contribution < -0.4 is 5.32 Å². The summed E-state index contributed by atoms with van der Waals surface area (Å²) < 4.78 is 10.9. The summed E-state index contributed by atoms with van der Waals surface area (Å²) in [5, 5.41) is 3.46. The average Bonchev–Trinajstić information content (AvgIpc) is 3.15. The number of hydrogen-bond acceptors (Lipinski definition) is 4. The SMILES string of the molecule is O=C(Nc1ccc(Cl)cc1)C1CC=CCC1C(=O)OCC1CCCO1. The fraction of sp³-hybridized carbons (Fsp3) is 0.474. The summed E-state index contributed by atoms with van der Waals surface area (Å²) in [5.74, 6) is -1.39. The maximum absolute atomic E-state index is 12.6. The molecule has 1 amide bonds. The lowest BCUT2D eigenvalue weighted by Gasteiger charge is -2.26. The molecule has 1 saturated heterocycles. The van der Waals surface area contributed by atoms with Gasteiger partial charge in [0.2, 0.25) is 5.91 Å². The van der Waals surface area contributed by atoms with E-state index in [1.54, 1.807) is 24.3 Å². The highest BCUT2D eigenvalue weighted by atomic mass is 35.5. The van der Waals surface area contributed by atoms with E-state index in [0.29, 0.717) is 23.6 Å². The van der Waals surface area contributed by atoms with Crippen LogP contribution in [0.1, 0.15) is 25.7 Å². The monoisotopic (exact) mass is 363 g/mol. The minimum absolute atomic E-state index is 0.00979. The lowest BCUT2D eigenvalue weighted by molar-refractivity contribution is -0.155. The van der Waals surface area contributed by atoms with Gasteiger partial charge in [-0.1, -0.05) is 23.8 Å². The van der Waals surface area contributed by atoms with Crippen molar-refractivity contribution in [3.63, 3.8) is 0 Å². The van der Waals surface area contributed by atoms with Gasteiger partial charge in [-0.25, -0.2) is 0 Å². The van der Waals surface area contributed by atoms with Crippen LogP contribution in [-0.4, -0.2) is 31.2 Å². The first-order chi connectivity index (χ1) is 12.1. The van der Waals surface area contributed by atoms with Crippen molar-refractivity contribution in [3.05, 3.63) is 41.4 Å². The van der Waals surface area contributed by atoms with Gasteiger partial charge in [-0.2, -0.15) is 0 Å². The van der Waals surface area contributed by atoms with Crippen molar-refractivity contribution in [1.29, 1.82) is 0 Å². The first-order valence-corrected chi connectivity index (χ1v) is 9.01. The lowest BCUT2D eigenvalue weighted by atomic mass is 9.82. The van der Waals surface area contributed by atoms with Gasteiger partial charge in [0.15, 0.2) is 0 Å². The Morgan fingerprint density at radius 2 is 1.88 bits per heavy atom. The van der Waals surface area contributed by atoms with Crippen molar-refractivity contribution >= 4 is 29.2 Å². The number of carbonyl (C=O) groups excluding carboxylic acids is 2. The third-order valence-corrected chi connectivity index (χ3v) is 4.87. The van der Waals surface area contributed by atoms with E-state index in [1.807, 2.05) is 12.2 Å². The molecule has 134 valence electrons. The predicted octanol–water partition coefficient (Wildman–Crippen LogP) is 3.58. The second kappa shape index (κ2) is 8.50. The summed E-state index contributed by atoms with van der Waals surface area (Å²) in [6.45, 7) is 0.991. The lowest BCUT2D eigenvalue weighted by Crippen LogP contribution is -2.36. The molecule has 1 N–H and O–H groups in total. The number of carbonyl (C=O) groups is 2. The zero-order valence-corrected chi connectivity index (χ0v) is 14.7. The number of rotatable bonds is 5. The van der Waals surface area contributed by atoms with Gasteiger partial charge in [-0.3, -0.25) is 9.59 Å². The van der Waals surface area contributed by atoms with Crippen LogP contribution >= 0.6 is 11.6 Å². The van der Waals surface area contributed by atoms with Crippen LogP contribution in [0.25, 0.3) is 0 Å². The largest absolute Gasteiger partial charge is 0.463 e. The van der Waals surface area contributed by atoms with E-state index in [-0.39, 0.29) is 24.6 Å². The molecule has 1 aliphatic carbocycles. The van der Waals surface area contributed by atoms with Crippen LogP contribution in [0.4, 0.5) is 5.69 Å². The molecule has 0 aromatic heterocycles. The summed E-state index contributed by atoms with van der Waals surface area (Å²) in [4.78, 5) is 25.1. The molecular formula is C19H22ClNO4. The zero-order valence-electron chi connectivity index (χ0n) is 13.9. The minimum Gasteiger partial charge on any atom is -0.463 e. The topological polar surface area (TPSA) is 64.6 Å². The van der Waals surface area contributed by atoms with Crippen LogP contribution in [0.3, 0.4) is 0 Å². The first kappa shape index (κ1) is 18.0. The molecular weight excluding hydrogens is 342 g/mol. The number of amides is 1. The van der Waals surface area contributed by atoms with Crippen LogP contribution in [0.5, 0.6) is 0 Å². The molecule has 3 rings (SSSR count). The zero-order chi connectivity index (χ0) is 17.6. The number of halogens is 1. The Hall–Kier alpha value is -1.85. The number of benzene rings is 1. The molecule has 3 atom stereocenters. The van der Waals surface area contributed by atoms with Crippen molar-refractivity contribution in [2.75, 3.05) is 18.5 Å². The van der Waals surface area contributed by atoms with E-state index < -0.39 is 11.8 Å². The summed E-state index contributed by atoms with van der Waals surface area (Å²) in [5.41, 5.74) is 0.662. The second-order valence-corrected chi connectivity index (χ2v) is 6.85. The molecule has 1 aromatic rings. The molecule has 5 nitrogen and oxygen atoms in total. The number of nitrogens with one attached hydrogen (secondary N) is 1. The van der Waals surface area contributed by atoms with Crippen molar-refractivity contribution < 1.29 is 19.1 Å². The van der Waals surface area contributed by atoms with Crippen molar-refractivity contribution in [2.24, 2.45) is 11.8 Å². The Labute approximate surface area is 152 Å². The molecule has 25 heavy (non-hydrogen) atoms. The molecule has 2 aliphatic rings. The molecule has 1 fully saturated rings. The van der Waals surface area contributed by atoms with Gasteiger partial charge in [0, 0.05) is 17.3 Å². The smallest absolute Gasteiger partial charge is 0.310 e. The second-order valence-electron chi connectivity index (χ2n) is 6.42. The number of hydrogen-bond donors (Lipinski definition) is 1. The maximum atomic E-state index is 12.6. The van der Waals surface area contributed by atoms with E-state index >= 15 is 0 Å². The normalized spacial score (nSPS) is 25.6. The van der Waals surface area contributed by atoms with E-state index in [1.165, 1.54) is 0 Å².